The van der Waals surface area contributed by atoms with Crippen LogP contribution in [-0.2, 0) is 14.6 Å². The molecule has 26 heavy (non-hydrogen) atoms. The van der Waals surface area contributed by atoms with Gasteiger partial charge < -0.3 is 10.1 Å². The molecule has 1 fully saturated rings. The molecule has 1 aliphatic heterocycles. The van der Waals surface area contributed by atoms with Gasteiger partial charge in [0.25, 0.3) is 5.91 Å². The summed E-state index contributed by atoms with van der Waals surface area (Å²) in [6, 6.07) is 5.61. The van der Waals surface area contributed by atoms with E-state index in [9.17, 15) is 17.6 Å². The second-order valence-electron chi connectivity index (χ2n) is 6.08. The minimum atomic E-state index is -3.08. The summed E-state index contributed by atoms with van der Waals surface area (Å²) >= 11 is 3.14. The Bertz CT molecular complexity index is 945. The molecule has 1 saturated heterocycles. The second kappa shape index (κ2) is 7.36. The van der Waals surface area contributed by atoms with Gasteiger partial charge in [-0.15, -0.1) is 0 Å². The summed E-state index contributed by atoms with van der Waals surface area (Å²) in [4.78, 5) is 12.1. The molecule has 0 radical (unpaired) electrons. The Kier molecular flexibility index (Phi) is 5.33. The van der Waals surface area contributed by atoms with E-state index in [0.717, 1.165) is 0 Å². The number of rotatable bonds is 5. The zero-order valence-corrected chi connectivity index (χ0v) is 16.3. The maximum absolute atomic E-state index is 13.7. The molecule has 1 unspecified atom stereocenters. The first kappa shape index (κ1) is 18.8. The Balaban J connectivity index is 1.66. The average molecular weight is 446 g/mol. The monoisotopic (exact) mass is 445 g/mol. The Morgan fingerprint density at radius 2 is 2.23 bits per heavy atom. The lowest BCUT2D eigenvalue weighted by atomic mass is 10.3. The first-order valence-corrected chi connectivity index (χ1v) is 10.5. The average Bonchev–Trinajstić information content (AvgIpc) is 3.08. The minimum Gasteiger partial charge on any atom is -0.481 e. The van der Waals surface area contributed by atoms with Crippen molar-refractivity contribution < 1.29 is 22.3 Å². The van der Waals surface area contributed by atoms with Gasteiger partial charge in [-0.3, -0.25) is 4.79 Å². The normalized spacial score (nSPS) is 18.7. The lowest BCUT2D eigenvalue weighted by Gasteiger charge is -2.14. The number of anilines is 1. The Hall–Kier alpha value is -1.94. The molecular formula is C16H17BrFN3O4S. The van der Waals surface area contributed by atoms with E-state index in [2.05, 4.69) is 26.3 Å². The molecule has 1 N–H and O–H groups in total. The molecule has 0 aliphatic carbocycles. The molecule has 7 nitrogen and oxygen atoms in total. The molecule has 1 amide bonds. The smallest absolute Gasteiger partial charge is 0.263 e. The highest BCUT2D eigenvalue weighted by Crippen LogP contribution is 2.27. The van der Waals surface area contributed by atoms with Crippen LogP contribution < -0.4 is 10.1 Å². The van der Waals surface area contributed by atoms with Crippen LogP contribution in [0.25, 0.3) is 0 Å². The molecule has 1 aromatic carbocycles. The summed E-state index contributed by atoms with van der Waals surface area (Å²) < 4.78 is 44.4. The molecule has 2 aromatic rings. The Morgan fingerprint density at radius 3 is 2.88 bits per heavy atom. The maximum Gasteiger partial charge on any atom is 0.263 e. The number of carbonyl (C=O) groups is 1. The number of aromatic nitrogens is 2. The van der Waals surface area contributed by atoms with Gasteiger partial charge in [-0.05, 0) is 31.5 Å². The highest BCUT2D eigenvalue weighted by atomic mass is 79.9. The van der Waals surface area contributed by atoms with E-state index in [1.165, 1.54) is 16.8 Å². The number of halogens is 2. The quantitative estimate of drug-likeness (QED) is 0.763. The predicted octanol–water partition coefficient (Wildman–Crippen LogP) is 2.47. The lowest BCUT2D eigenvalue weighted by Crippen LogP contribution is -2.24. The predicted molar refractivity (Wildman–Crippen MR) is 97.5 cm³/mol. The van der Waals surface area contributed by atoms with Crippen LogP contribution in [-0.4, -0.2) is 42.2 Å². The number of benzene rings is 1. The van der Waals surface area contributed by atoms with Crippen molar-refractivity contribution in [2.45, 2.75) is 19.4 Å². The van der Waals surface area contributed by atoms with Crippen molar-refractivity contribution in [2.24, 2.45) is 0 Å². The van der Waals surface area contributed by atoms with Crippen LogP contribution in [0.15, 0.2) is 28.7 Å². The standard InChI is InChI=1S/C16H17BrFN3O4S/c1-10-6-15(21(20-10)12-4-5-26(23,24)9-12)19-16(22)8-25-14-3-2-11(17)7-13(14)18/h2-3,6-7,12H,4-5,8-9H2,1H3,(H,19,22). The molecule has 3 rings (SSSR count). The van der Waals surface area contributed by atoms with Crippen molar-refractivity contribution in [1.29, 1.82) is 0 Å². The maximum atomic E-state index is 13.7. The first-order chi connectivity index (χ1) is 12.2. The van der Waals surface area contributed by atoms with Crippen LogP contribution in [0.3, 0.4) is 0 Å². The molecule has 1 atom stereocenters. The summed E-state index contributed by atoms with van der Waals surface area (Å²) in [5.74, 6) is -0.601. The van der Waals surface area contributed by atoms with Crippen LogP contribution >= 0.6 is 15.9 Å². The first-order valence-electron chi connectivity index (χ1n) is 7.88. The van der Waals surface area contributed by atoms with Crippen molar-refractivity contribution in [3.63, 3.8) is 0 Å². The van der Waals surface area contributed by atoms with Crippen molar-refractivity contribution in [2.75, 3.05) is 23.4 Å². The molecular weight excluding hydrogens is 429 g/mol. The van der Waals surface area contributed by atoms with Crippen molar-refractivity contribution >= 4 is 37.5 Å². The van der Waals surface area contributed by atoms with Crippen LogP contribution in [0.1, 0.15) is 18.2 Å². The molecule has 1 aromatic heterocycles. The largest absolute Gasteiger partial charge is 0.481 e. The highest BCUT2D eigenvalue weighted by molar-refractivity contribution is 9.10. The summed E-state index contributed by atoms with van der Waals surface area (Å²) in [5, 5.41) is 6.93. The van der Waals surface area contributed by atoms with Gasteiger partial charge in [0.2, 0.25) is 0 Å². The van der Waals surface area contributed by atoms with Gasteiger partial charge in [-0.25, -0.2) is 17.5 Å². The number of carbonyl (C=O) groups excluding carboxylic acids is 1. The Morgan fingerprint density at radius 1 is 1.46 bits per heavy atom. The van der Waals surface area contributed by atoms with Crippen molar-refractivity contribution in [3.05, 3.63) is 40.2 Å². The summed E-state index contributed by atoms with van der Waals surface area (Å²) in [6.07, 6.45) is 0.451. The van der Waals surface area contributed by atoms with E-state index in [0.29, 0.717) is 22.4 Å². The lowest BCUT2D eigenvalue weighted by molar-refractivity contribution is -0.118. The molecule has 0 saturated carbocycles. The van der Waals surface area contributed by atoms with Gasteiger partial charge in [0.05, 0.1) is 23.2 Å². The number of nitrogens with zero attached hydrogens (tertiary/aromatic N) is 2. The van der Waals surface area contributed by atoms with E-state index < -0.39 is 21.6 Å². The van der Waals surface area contributed by atoms with Crippen LogP contribution in [0, 0.1) is 12.7 Å². The van der Waals surface area contributed by atoms with E-state index >= 15 is 0 Å². The fraction of sp³-hybridized carbons (Fsp3) is 0.375. The number of ether oxygens (including phenoxy) is 1. The number of hydrogen-bond acceptors (Lipinski definition) is 5. The second-order valence-corrected chi connectivity index (χ2v) is 9.23. The van der Waals surface area contributed by atoms with Crippen LogP contribution in [0.2, 0.25) is 0 Å². The third-order valence-corrected chi connectivity index (χ3v) is 6.18. The molecule has 10 heteroatoms. The van der Waals surface area contributed by atoms with Crippen LogP contribution in [0.4, 0.5) is 10.2 Å². The van der Waals surface area contributed by atoms with Gasteiger partial charge >= 0.3 is 0 Å². The molecule has 2 heterocycles. The van der Waals surface area contributed by atoms with Gasteiger partial charge in [0, 0.05) is 10.5 Å². The SMILES string of the molecule is Cc1cc(NC(=O)COc2ccc(Br)cc2F)n(C2CCS(=O)(=O)C2)n1. The number of nitrogens with one attached hydrogen (secondary N) is 1. The number of hydrogen-bond donors (Lipinski definition) is 1. The summed E-state index contributed by atoms with van der Waals surface area (Å²) in [5.41, 5.74) is 0.657. The zero-order chi connectivity index (χ0) is 18.9. The van der Waals surface area contributed by atoms with E-state index in [-0.39, 0.29) is 29.9 Å². The third kappa shape index (κ3) is 4.42. The molecule has 0 bridgehead atoms. The fourth-order valence-corrected chi connectivity index (χ4v) is 4.80. The third-order valence-electron chi connectivity index (χ3n) is 3.93. The Labute approximate surface area is 158 Å². The molecule has 140 valence electrons. The van der Waals surface area contributed by atoms with Gasteiger partial charge in [0.15, 0.2) is 28.0 Å². The van der Waals surface area contributed by atoms with Crippen molar-refractivity contribution in [3.8, 4) is 5.75 Å². The van der Waals surface area contributed by atoms with E-state index in [4.69, 9.17) is 4.74 Å². The molecule has 0 spiro atoms. The topological polar surface area (TPSA) is 90.3 Å². The summed E-state index contributed by atoms with van der Waals surface area (Å²) in [6.45, 7) is 1.37. The van der Waals surface area contributed by atoms with Crippen molar-refractivity contribution in [1.82, 2.24) is 9.78 Å². The summed E-state index contributed by atoms with van der Waals surface area (Å²) in [7, 11) is -3.08. The molecule has 1 aliphatic rings. The minimum absolute atomic E-state index is 0.00239. The van der Waals surface area contributed by atoms with E-state index in [1.807, 2.05) is 0 Å². The zero-order valence-electron chi connectivity index (χ0n) is 13.9. The highest BCUT2D eigenvalue weighted by Gasteiger charge is 2.31. The van der Waals surface area contributed by atoms with Gasteiger partial charge in [0.1, 0.15) is 5.82 Å². The van der Waals surface area contributed by atoms with Gasteiger partial charge in [-0.2, -0.15) is 5.10 Å². The number of amides is 1. The number of aryl methyl sites for hydroxylation is 1. The van der Waals surface area contributed by atoms with Gasteiger partial charge in [-0.1, -0.05) is 15.9 Å². The fourth-order valence-electron chi connectivity index (χ4n) is 2.77. The van der Waals surface area contributed by atoms with E-state index in [1.54, 1.807) is 19.1 Å². The van der Waals surface area contributed by atoms with Crippen LogP contribution in [0.5, 0.6) is 5.75 Å². The number of sulfone groups is 1.